The van der Waals surface area contributed by atoms with Crippen molar-refractivity contribution in [3.8, 4) is 0 Å². The topological polar surface area (TPSA) is 61.9 Å². The third-order valence-corrected chi connectivity index (χ3v) is 7.39. The highest BCUT2D eigenvalue weighted by atomic mass is 35.5. The molecule has 1 aliphatic carbocycles. The summed E-state index contributed by atoms with van der Waals surface area (Å²) in [4.78, 5) is 30.2. The van der Waals surface area contributed by atoms with Gasteiger partial charge in [0.25, 0.3) is 5.91 Å². The summed E-state index contributed by atoms with van der Waals surface area (Å²) in [6, 6.07) is 15.5. The van der Waals surface area contributed by atoms with Gasteiger partial charge in [0.2, 0.25) is 5.91 Å². The van der Waals surface area contributed by atoms with E-state index in [0.717, 1.165) is 42.2 Å². The smallest absolute Gasteiger partial charge is 0.286 e. The average molecular weight is 480 g/mol. The summed E-state index contributed by atoms with van der Waals surface area (Å²) in [6.07, 6.45) is 3.86. The summed E-state index contributed by atoms with van der Waals surface area (Å²) in [5.41, 5.74) is 3.26. The van der Waals surface area contributed by atoms with Gasteiger partial charge in [-0.1, -0.05) is 48.0 Å². The number of nitrogens with zero attached hydrogens (tertiary/aromatic N) is 2. The van der Waals surface area contributed by atoms with Gasteiger partial charge in [-0.25, -0.2) is 0 Å². The first kappa shape index (κ1) is 22.8. The van der Waals surface area contributed by atoms with Crippen LogP contribution in [0.25, 0.3) is 6.08 Å². The quantitative estimate of drug-likeness (QED) is 0.675. The number of hydrogen-bond donors (Lipinski definition) is 1. The van der Waals surface area contributed by atoms with Gasteiger partial charge >= 0.3 is 0 Å². The summed E-state index contributed by atoms with van der Waals surface area (Å²) in [5.74, 6) is 0.262. The van der Waals surface area contributed by atoms with Crippen LogP contribution in [0.4, 0.5) is 5.69 Å². The first-order valence-corrected chi connectivity index (χ1v) is 12.4. The lowest BCUT2D eigenvalue weighted by Crippen LogP contribution is -2.56. The van der Waals surface area contributed by atoms with Gasteiger partial charge in [0.05, 0.1) is 6.04 Å². The highest BCUT2D eigenvalue weighted by Gasteiger charge is 2.41. The Morgan fingerprint density at radius 3 is 2.62 bits per heavy atom. The van der Waals surface area contributed by atoms with Crippen molar-refractivity contribution in [1.29, 1.82) is 0 Å². The van der Waals surface area contributed by atoms with Gasteiger partial charge in [-0.15, -0.1) is 0 Å². The van der Waals surface area contributed by atoms with E-state index in [4.69, 9.17) is 16.3 Å². The van der Waals surface area contributed by atoms with E-state index in [1.165, 1.54) is 5.56 Å². The number of anilines is 1. The maximum absolute atomic E-state index is 13.3. The molecular formula is C27H30ClN3O3. The monoisotopic (exact) mass is 479 g/mol. The molecule has 0 aromatic heterocycles. The number of hydrogen-bond acceptors (Lipinski definition) is 4. The third-order valence-electron chi connectivity index (χ3n) is 7.16. The number of carbonyl (C=O) groups excluding carboxylic acids is 2. The standard InChI is InChI=1S/C27H30ClN3O3/c1-18-7-9-21(28)17-23(18)30-11-13-31(14-12-30)27(33)20-8-10-24-22(16-20)29-26(32)25(34-24)15-19-5-3-2-4-6-19/h2-7,9,15,17,20,22,24H,8,10-14,16H2,1H3,(H,29,32)/b25-15-. The lowest BCUT2D eigenvalue weighted by Gasteiger charge is -2.42. The van der Waals surface area contributed by atoms with Crippen LogP contribution in [-0.2, 0) is 14.3 Å². The van der Waals surface area contributed by atoms with Crippen molar-refractivity contribution in [2.24, 2.45) is 5.92 Å². The van der Waals surface area contributed by atoms with Crippen LogP contribution in [0, 0.1) is 12.8 Å². The second-order valence-corrected chi connectivity index (χ2v) is 9.85. The summed E-state index contributed by atoms with van der Waals surface area (Å²) in [5, 5.41) is 3.82. The van der Waals surface area contributed by atoms with Crippen molar-refractivity contribution in [1.82, 2.24) is 10.2 Å². The Labute approximate surface area is 205 Å². The van der Waals surface area contributed by atoms with E-state index >= 15 is 0 Å². The lowest BCUT2D eigenvalue weighted by molar-refractivity contribution is -0.141. The number of nitrogens with one attached hydrogen (secondary N) is 1. The number of halogens is 1. The van der Waals surface area contributed by atoms with Crippen molar-refractivity contribution in [3.05, 3.63) is 70.4 Å². The van der Waals surface area contributed by atoms with E-state index in [0.29, 0.717) is 25.3 Å². The van der Waals surface area contributed by atoms with Gasteiger partial charge in [0.15, 0.2) is 5.76 Å². The van der Waals surface area contributed by atoms with E-state index < -0.39 is 0 Å². The van der Waals surface area contributed by atoms with Crippen LogP contribution >= 0.6 is 11.6 Å². The maximum atomic E-state index is 13.3. The molecule has 5 rings (SSSR count). The molecule has 2 saturated heterocycles. The first-order valence-electron chi connectivity index (χ1n) is 12.0. The Morgan fingerprint density at radius 1 is 1.09 bits per heavy atom. The zero-order valence-corrected chi connectivity index (χ0v) is 20.1. The van der Waals surface area contributed by atoms with Crippen LogP contribution in [0.5, 0.6) is 0 Å². The molecule has 0 spiro atoms. The molecule has 3 aliphatic rings. The lowest BCUT2D eigenvalue weighted by atomic mass is 9.82. The predicted octanol–water partition coefficient (Wildman–Crippen LogP) is 4.02. The minimum absolute atomic E-state index is 0.0794. The van der Waals surface area contributed by atoms with E-state index in [9.17, 15) is 9.59 Å². The molecule has 0 radical (unpaired) electrons. The van der Waals surface area contributed by atoms with Gasteiger partial charge in [0.1, 0.15) is 6.10 Å². The second-order valence-electron chi connectivity index (χ2n) is 9.41. The summed E-state index contributed by atoms with van der Waals surface area (Å²) in [7, 11) is 0. The number of fused-ring (bicyclic) bond motifs is 1. The number of carbonyl (C=O) groups is 2. The molecule has 2 aliphatic heterocycles. The molecule has 178 valence electrons. The van der Waals surface area contributed by atoms with Crippen LogP contribution in [0.3, 0.4) is 0 Å². The first-order chi connectivity index (χ1) is 16.5. The molecule has 1 saturated carbocycles. The minimum atomic E-state index is -0.205. The number of ether oxygens (including phenoxy) is 1. The van der Waals surface area contributed by atoms with Crippen molar-refractivity contribution >= 4 is 35.2 Å². The fraction of sp³-hybridized carbons (Fsp3) is 0.407. The molecule has 2 aromatic carbocycles. The van der Waals surface area contributed by atoms with Crippen LogP contribution in [0.1, 0.15) is 30.4 Å². The maximum Gasteiger partial charge on any atom is 0.286 e. The minimum Gasteiger partial charge on any atom is -0.483 e. The molecule has 2 amide bonds. The van der Waals surface area contributed by atoms with Crippen molar-refractivity contribution in [2.45, 2.75) is 38.3 Å². The van der Waals surface area contributed by atoms with Crippen LogP contribution in [0.2, 0.25) is 5.02 Å². The fourth-order valence-electron chi connectivity index (χ4n) is 5.27. The highest BCUT2D eigenvalue weighted by molar-refractivity contribution is 6.30. The molecule has 2 aromatic rings. The van der Waals surface area contributed by atoms with Gasteiger partial charge in [-0.05, 0) is 55.5 Å². The number of morpholine rings is 1. The number of piperazine rings is 1. The SMILES string of the molecule is Cc1ccc(Cl)cc1N1CCN(C(=O)C2CCC3O/C(=C\c4ccccc4)C(=O)NC3C2)CC1. The molecule has 3 atom stereocenters. The predicted molar refractivity (Wildman–Crippen MR) is 134 cm³/mol. The van der Waals surface area contributed by atoms with Gasteiger partial charge in [0, 0.05) is 42.8 Å². The number of amides is 2. The molecule has 0 bridgehead atoms. The Hall–Kier alpha value is -2.99. The Balaban J connectivity index is 1.17. The average Bonchev–Trinajstić information content (AvgIpc) is 2.86. The second kappa shape index (κ2) is 9.71. The van der Waals surface area contributed by atoms with Crippen molar-refractivity contribution < 1.29 is 14.3 Å². The Morgan fingerprint density at radius 2 is 1.85 bits per heavy atom. The molecule has 34 heavy (non-hydrogen) atoms. The highest BCUT2D eigenvalue weighted by Crippen LogP contribution is 2.33. The number of benzene rings is 2. The van der Waals surface area contributed by atoms with Gasteiger partial charge < -0.3 is 19.9 Å². The van der Waals surface area contributed by atoms with Gasteiger partial charge in [-0.3, -0.25) is 9.59 Å². The molecule has 3 fully saturated rings. The summed E-state index contributed by atoms with van der Waals surface area (Å²) < 4.78 is 6.07. The third kappa shape index (κ3) is 4.78. The van der Waals surface area contributed by atoms with Crippen LogP contribution in [0.15, 0.2) is 54.3 Å². The van der Waals surface area contributed by atoms with Crippen molar-refractivity contribution in [3.63, 3.8) is 0 Å². The van der Waals surface area contributed by atoms with Crippen LogP contribution in [-0.4, -0.2) is 55.0 Å². The van der Waals surface area contributed by atoms with E-state index in [-0.39, 0.29) is 29.9 Å². The summed E-state index contributed by atoms with van der Waals surface area (Å²) >= 11 is 6.20. The molecule has 2 heterocycles. The zero-order chi connectivity index (χ0) is 23.7. The summed E-state index contributed by atoms with van der Waals surface area (Å²) in [6.45, 7) is 5.06. The number of aryl methyl sites for hydroxylation is 1. The van der Waals surface area contributed by atoms with Gasteiger partial charge in [-0.2, -0.15) is 0 Å². The molecule has 1 N–H and O–H groups in total. The van der Waals surface area contributed by atoms with E-state index in [1.54, 1.807) is 6.08 Å². The van der Waals surface area contributed by atoms with E-state index in [2.05, 4.69) is 17.1 Å². The number of rotatable bonds is 3. The molecule has 6 nitrogen and oxygen atoms in total. The van der Waals surface area contributed by atoms with Crippen molar-refractivity contribution in [2.75, 3.05) is 31.1 Å². The Kier molecular flexibility index (Phi) is 6.50. The zero-order valence-electron chi connectivity index (χ0n) is 19.4. The fourth-order valence-corrected chi connectivity index (χ4v) is 5.43. The Bertz CT molecular complexity index is 1100. The normalized spacial score (nSPS) is 26.0. The molecular weight excluding hydrogens is 450 g/mol. The van der Waals surface area contributed by atoms with E-state index in [1.807, 2.05) is 53.4 Å². The largest absolute Gasteiger partial charge is 0.483 e. The molecule has 7 heteroatoms. The molecule has 3 unspecified atom stereocenters. The van der Waals surface area contributed by atoms with Crippen LogP contribution < -0.4 is 10.2 Å².